The Balaban J connectivity index is 2.15. The van der Waals surface area contributed by atoms with Crippen LogP contribution in [0.2, 0.25) is 0 Å². The van der Waals surface area contributed by atoms with Crippen molar-refractivity contribution in [1.29, 1.82) is 0 Å². The van der Waals surface area contributed by atoms with Gasteiger partial charge in [0, 0.05) is 6.42 Å². The summed E-state index contributed by atoms with van der Waals surface area (Å²) < 4.78 is 46.3. The number of aliphatic hydroxyl groups excluding tert-OH is 4. The van der Waals surface area contributed by atoms with E-state index in [1.165, 1.54) is 44.9 Å². The number of carbonyl (C=O) groups excluding carboxylic acids is 1. The van der Waals surface area contributed by atoms with Gasteiger partial charge in [-0.2, -0.15) is 8.42 Å². The summed E-state index contributed by atoms with van der Waals surface area (Å²) in [7, 11) is -4.53. The highest BCUT2D eigenvalue weighted by Crippen LogP contribution is 2.23. The van der Waals surface area contributed by atoms with Gasteiger partial charge in [0.1, 0.15) is 42.9 Å². The van der Waals surface area contributed by atoms with Crippen LogP contribution in [-0.4, -0.2) is 95.1 Å². The van der Waals surface area contributed by atoms with Crippen LogP contribution in [0.3, 0.4) is 0 Å². The average Bonchev–Trinajstić information content (AvgIpc) is 2.80. The SMILES string of the molecule is CCCCCCCCCCCCCC(=O)OCC(O)CO[C@H]1O[C@H](CS(=O)(=O)O)[C@@H](O)[C@H](O)[C@@H]1O. The van der Waals surface area contributed by atoms with Gasteiger partial charge in [0.2, 0.25) is 0 Å². The lowest BCUT2D eigenvalue weighted by molar-refractivity contribution is -0.296. The lowest BCUT2D eigenvalue weighted by Crippen LogP contribution is -2.60. The fraction of sp³-hybridized carbons (Fsp3) is 0.957. The van der Waals surface area contributed by atoms with Crippen molar-refractivity contribution in [2.24, 2.45) is 0 Å². The minimum absolute atomic E-state index is 0.246. The smallest absolute Gasteiger partial charge is 0.305 e. The Morgan fingerprint density at radius 1 is 0.857 bits per heavy atom. The van der Waals surface area contributed by atoms with E-state index in [4.69, 9.17) is 18.8 Å². The molecule has 1 aliphatic rings. The van der Waals surface area contributed by atoms with Crippen molar-refractivity contribution < 1.29 is 52.4 Å². The molecular formula is C23H44O11S. The topological polar surface area (TPSA) is 180 Å². The van der Waals surface area contributed by atoms with Gasteiger partial charge in [-0.1, -0.05) is 71.1 Å². The molecule has 1 heterocycles. The van der Waals surface area contributed by atoms with E-state index in [1.807, 2.05) is 0 Å². The quantitative estimate of drug-likeness (QED) is 0.0926. The Labute approximate surface area is 208 Å². The maximum absolute atomic E-state index is 11.8. The van der Waals surface area contributed by atoms with Gasteiger partial charge in [-0.3, -0.25) is 9.35 Å². The van der Waals surface area contributed by atoms with Gasteiger partial charge >= 0.3 is 5.97 Å². The van der Waals surface area contributed by atoms with E-state index in [0.717, 1.165) is 19.3 Å². The molecule has 1 rings (SSSR count). The molecule has 1 unspecified atom stereocenters. The number of carbonyl (C=O) groups is 1. The van der Waals surface area contributed by atoms with Crippen LogP contribution in [0.15, 0.2) is 0 Å². The summed E-state index contributed by atoms with van der Waals surface area (Å²) in [5.74, 6) is -1.46. The highest BCUT2D eigenvalue weighted by atomic mass is 32.2. The summed E-state index contributed by atoms with van der Waals surface area (Å²) in [4.78, 5) is 11.8. The van der Waals surface area contributed by atoms with Gasteiger partial charge in [0.05, 0.1) is 6.61 Å². The van der Waals surface area contributed by atoms with Crippen LogP contribution >= 0.6 is 0 Å². The summed E-state index contributed by atoms with van der Waals surface area (Å²) in [6, 6.07) is 0. The zero-order valence-electron chi connectivity index (χ0n) is 20.7. The average molecular weight is 529 g/mol. The summed E-state index contributed by atoms with van der Waals surface area (Å²) in [6.07, 6.45) is 3.43. The summed E-state index contributed by atoms with van der Waals surface area (Å²) >= 11 is 0. The van der Waals surface area contributed by atoms with E-state index in [-0.39, 0.29) is 13.0 Å². The molecule has 0 bridgehead atoms. The normalized spacial score (nSPS) is 25.9. The second-order valence-electron chi connectivity index (χ2n) is 9.22. The molecule has 1 fully saturated rings. The summed E-state index contributed by atoms with van der Waals surface area (Å²) in [6.45, 7) is 1.41. The monoisotopic (exact) mass is 528 g/mol. The fourth-order valence-electron chi connectivity index (χ4n) is 3.85. The molecule has 5 N–H and O–H groups in total. The molecule has 35 heavy (non-hydrogen) atoms. The van der Waals surface area contributed by atoms with Crippen molar-refractivity contribution in [2.75, 3.05) is 19.0 Å². The van der Waals surface area contributed by atoms with Gasteiger partial charge < -0.3 is 34.6 Å². The van der Waals surface area contributed by atoms with Crippen LogP contribution < -0.4 is 0 Å². The molecule has 6 atom stereocenters. The second kappa shape index (κ2) is 17.6. The third kappa shape index (κ3) is 14.5. The molecule has 12 heteroatoms. The van der Waals surface area contributed by atoms with Gasteiger partial charge in [-0.15, -0.1) is 0 Å². The number of rotatable bonds is 19. The van der Waals surface area contributed by atoms with E-state index >= 15 is 0 Å². The molecule has 0 spiro atoms. The van der Waals surface area contributed by atoms with Crippen molar-refractivity contribution in [2.45, 2.75) is 121 Å². The van der Waals surface area contributed by atoms with Crippen molar-refractivity contribution >= 4 is 16.1 Å². The predicted molar refractivity (Wildman–Crippen MR) is 127 cm³/mol. The fourth-order valence-corrected chi connectivity index (χ4v) is 4.54. The molecule has 0 radical (unpaired) electrons. The second-order valence-corrected chi connectivity index (χ2v) is 10.7. The third-order valence-electron chi connectivity index (χ3n) is 5.92. The number of ether oxygens (including phenoxy) is 3. The first-order valence-electron chi connectivity index (χ1n) is 12.6. The molecule has 208 valence electrons. The number of hydrogen-bond donors (Lipinski definition) is 5. The van der Waals surface area contributed by atoms with E-state index in [0.29, 0.717) is 6.42 Å². The minimum atomic E-state index is -4.53. The zero-order valence-corrected chi connectivity index (χ0v) is 21.5. The van der Waals surface area contributed by atoms with Crippen molar-refractivity contribution in [3.05, 3.63) is 0 Å². The number of hydrogen-bond acceptors (Lipinski definition) is 10. The van der Waals surface area contributed by atoms with Crippen LogP contribution in [-0.2, 0) is 29.1 Å². The molecule has 0 amide bonds. The van der Waals surface area contributed by atoms with Crippen molar-refractivity contribution in [1.82, 2.24) is 0 Å². The molecule has 1 saturated heterocycles. The van der Waals surface area contributed by atoms with Gasteiger partial charge in [0.25, 0.3) is 10.1 Å². The van der Waals surface area contributed by atoms with Crippen LogP contribution in [0, 0.1) is 0 Å². The molecule has 0 saturated carbocycles. The first-order chi connectivity index (χ1) is 16.5. The van der Waals surface area contributed by atoms with Gasteiger partial charge in [-0.25, -0.2) is 0 Å². The van der Waals surface area contributed by atoms with Crippen LogP contribution in [0.25, 0.3) is 0 Å². The molecule has 0 aromatic carbocycles. The lowest BCUT2D eigenvalue weighted by atomic mass is 10.00. The number of aliphatic hydroxyl groups is 4. The van der Waals surface area contributed by atoms with E-state index < -0.39 is 65.3 Å². The van der Waals surface area contributed by atoms with E-state index in [2.05, 4.69) is 6.92 Å². The lowest BCUT2D eigenvalue weighted by Gasteiger charge is -2.40. The Morgan fingerprint density at radius 3 is 1.94 bits per heavy atom. The molecule has 11 nitrogen and oxygen atoms in total. The highest BCUT2D eigenvalue weighted by Gasteiger charge is 2.45. The predicted octanol–water partition coefficient (Wildman–Crippen LogP) is 1.30. The first kappa shape index (κ1) is 32.2. The Hall–Kier alpha value is -0.860. The molecule has 0 aromatic rings. The molecular weight excluding hydrogens is 484 g/mol. The number of unbranched alkanes of at least 4 members (excludes halogenated alkanes) is 10. The van der Waals surface area contributed by atoms with Gasteiger partial charge in [0.15, 0.2) is 6.29 Å². The third-order valence-corrected chi connectivity index (χ3v) is 6.67. The van der Waals surface area contributed by atoms with E-state index in [9.17, 15) is 33.6 Å². The number of esters is 1. The molecule has 0 aromatic heterocycles. The van der Waals surface area contributed by atoms with Crippen LogP contribution in [0.5, 0.6) is 0 Å². The van der Waals surface area contributed by atoms with Crippen molar-refractivity contribution in [3.63, 3.8) is 0 Å². The van der Waals surface area contributed by atoms with E-state index in [1.54, 1.807) is 0 Å². The molecule has 1 aliphatic heterocycles. The van der Waals surface area contributed by atoms with Crippen LogP contribution in [0.4, 0.5) is 0 Å². The molecule has 0 aliphatic carbocycles. The highest BCUT2D eigenvalue weighted by molar-refractivity contribution is 7.85. The Kier molecular flexibility index (Phi) is 16.1. The summed E-state index contributed by atoms with van der Waals surface area (Å²) in [5.41, 5.74) is 0. The first-order valence-corrected chi connectivity index (χ1v) is 14.3. The largest absolute Gasteiger partial charge is 0.463 e. The van der Waals surface area contributed by atoms with Crippen molar-refractivity contribution in [3.8, 4) is 0 Å². The van der Waals surface area contributed by atoms with Gasteiger partial charge in [-0.05, 0) is 6.42 Å². The summed E-state index contributed by atoms with van der Waals surface area (Å²) in [5, 5.41) is 39.6. The maximum atomic E-state index is 11.8. The minimum Gasteiger partial charge on any atom is -0.463 e. The Bertz CT molecular complexity index is 672. The zero-order chi connectivity index (χ0) is 26.3. The standard InChI is InChI=1S/C23H44O11S/c1-2-3-4-5-6-7-8-9-10-11-12-13-19(25)32-14-17(24)15-33-23-22(28)21(27)20(26)18(34-23)16-35(29,30)31/h17-18,20-24,26-28H,2-16H2,1H3,(H,29,30,31)/t17?,18-,20-,21+,22+,23+/m1/s1. The van der Waals surface area contributed by atoms with Crippen LogP contribution in [0.1, 0.15) is 84.0 Å². The Morgan fingerprint density at radius 2 is 1.40 bits per heavy atom. The maximum Gasteiger partial charge on any atom is 0.305 e.